The first-order valence-electron chi connectivity index (χ1n) is 9.54. The lowest BCUT2D eigenvalue weighted by Gasteiger charge is -2.35. The largest absolute Gasteiger partial charge is 0.395 e. The van der Waals surface area contributed by atoms with Crippen LogP contribution in [0.5, 0.6) is 0 Å². The van der Waals surface area contributed by atoms with E-state index in [-0.39, 0.29) is 6.61 Å². The summed E-state index contributed by atoms with van der Waals surface area (Å²) >= 11 is 1.77. The summed E-state index contributed by atoms with van der Waals surface area (Å²) in [5, 5.41) is 10.4. The first-order valence-corrected chi connectivity index (χ1v) is 10.4. The van der Waals surface area contributed by atoms with Gasteiger partial charge in [0.25, 0.3) is 0 Å². The molecule has 2 aromatic heterocycles. The molecular formula is C21H26N4OS. The molecule has 142 valence electrons. The molecule has 1 fully saturated rings. The number of aliphatic hydroxyl groups is 1. The average molecular weight is 383 g/mol. The van der Waals surface area contributed by atoms with Crippen molar-refractivity contribution in [2.24, 2.45) is 0 Å². The number of piperazine rings is 1. The van der Waals surface area contributed by atoms with Crippen molar-refractivity contribution < 1.29 is 5.11 Å². The van der Waals surface area contributed by atoms with Crippen LogP contribution < -0.4 is 4.90 Å². The van der Waals surface area contributed by atoms with Gasteiger partial charge in [0.2, 0.25) is 0 Å². The molecule has 0 radical (unpaired) electrons. The van der Waals surface area contributed by atoms with Crippen LogP contribution in [0.25, 0.3) is 10.2 Å². The van der Waals surface area contributed by atoms with Crippen molar-refractivity contribution in [3.63, 3.8) is 0 Å². The van der Waals surface area contributed by atoms with Crippen LogP contribution in [0.2, 0.25) is 0 Å². The van der Waals surface area contributed by atoms with Gasteiger partial charge in [0.1, 0.15) is 16.5 Å². The molecule has 1 aromatic carbocycles. The molecule has 0 spiro atoms. The summed E-state index contributed by atoms with van der Waals surface area (Å²) in [5.41, 5.74) is 2.54. The van der Waals surface area contributed by atoms with Gasteiger partial charge in [-0.15, -0.1) is 11.3 Å². The van der Waals surface area contributed by atoms with E-state index in [4.69, 9.17) is 9.97 Å². The standard InChI is InChI=1S/C21H26N4OS/c1-15-16(2)27-21-19(15)20(25-10-8-24(9-11-25)12-13-26)22-18(23-21)14-17-6-4-3-5-7-17/h3-7,26H,8-14H2,1-2H3. The maximum absolute atomic E-state index is 9.18. The Kier molecular flexibility index (Phi) is 5.38. The number of aromatic nitrogens is 2. The number of aliphatic hydroxyl groups excluding tert-OH is 1. The predicted molar refractivity (Wildman–Crippen MR) is 112 cm³/mol. The zero-order valence-corrected chi connectivity index (χ0v) is 16.8. The summed E-state index contributed by atoms with van der Waals surface area (Å²) in [4.78, 5) is 17.0. The Morgan fingerprint density at radius 1 is 1.04 bits per heavy atom. The average Bonchev–Trinajstić information content (AvgIpc) is 2.97. The van der Waals surface area contributed by atoms with Gasteiger partial charge in [-0.2, -0.15) is 0 Å². The number of rotatable bonds is 5. The minimum atomic E-state index is 0.224. The highest BCUT2D eigenvalue weighted by molar-refractivity contribution is 7.18. The van der Waals surface area contributed by atoms with E-state index in [2.05, 4.69) is 47.9 Å². The number of hydrogen-bond donors (Lipinski definition) is 1. The van der Waals surface area contributed by atoms with Crippen LogP contribution in [0.4, 0.5) is 5.82 Å². The van der Waals surface area contributed by atoms with E-state index in [1.54, 1.807) is 11.3 Å². The molecule has 1 aliphatic rings. The van der Waals surface area contributed by atoms with Crippen molar-refractivity contribution in [1.29, 1.82) is 0 Å². The summed E-state index contributed by atoms with van der Waals surface area (Å²) in [5.74, 6) is 1.97. The van der Waals surface area contributed by atoms with E-state index in [1.807, 2.05) is 6.07 Å². The fourth-order valence-electron chi connectivity index (χ4n) is 3.68. The van der Waals surface area contributed by atoms with Gasteiger partial charge in [0.15, 0.2) is 0 Å². The van der Waals surface area contributed by atoms with Gasteiger partial charge in [-0.3, -0.25) is 4.90 Å². The quantitative estimate of drug-likeness (QED) is 0.735. The number of benzene rings is 1. The molecule has 0 aliphatic carbocycles. The van der Waals surface area contributed by atoms with E-state index in [0.29, 0.717) is 0 Å². The molecule has 0 bridgehead atoms. The Balaban J connectivity index is 1.69. The van der Waals surface area contributed by atoms with Crippen molar-refractivity contribution in [2.75, 3.05) is 44.2 Å². The first kappa shape index (κ1) is 18.3. The van der Waals surface area contributed by atoms with Crippen molar-refractivity contribution >= 4 is 27.4 Å². The molecule has 1 saturated heterocycles. The van der Waals surface area contributed by atoms with Crippen LogP contribution in [0.3, 0.4) is 0 Å². The Morgan fingerprint density at radius 2 is 1.78 bits per heavy atom. The predicted octanol–water partition coefficient (Wildman–Crippen LogP) is 3.01. The molecule has 6 heteroatoms. The van der Waals surface area contributed by atoms with Gasteiger partial charge in [-0.05, 0) is 25.0 Å². The molecule has 3 heterocycles. The van der Waals surface area contributed by atoms with E-state index in [0.717, 1.165) is 55.6 Å². The van der Waals surface area contributed by atoms with Crippen molar-refractivity contribution in [2.45, 2.75) is 20.3 Å². The van der Waals surface area contributed by atoms with Gasteiger partial charge in [-0.25, -0.2) is 9.97 Å². The second-order valence-electron chi connectivity index (χ2n) is 7.14. The third-order valence-electron chi connectivity index (χ3n) is 5.35. The second kappa shape index (κ2) is 7.92. The molecule has 1 N–H and O–H groups in total. The summed E-state index contributed by atoms with van der Waals surface area (Å²) in [6, 6.07) is 10.4. The minimum Gasteiger partial charge on any atom is -0.395 e. The zero-order chi connectivity index (χ0) is 18.8. The highest BCUT2D eigenvalue weighted by atomic mass is 32.1. The normalized spacial score (nSPS) is 15.6. The smallest absolute Gasteiger partial charge is 0.141 e. The fraction of sp³-hybridized carbons (Fsp3) is 0.429. The van der Waals surface area contributed by atoms with Crippen LogP contribution >= 0.6 is 11.3 Å². The Hall–Kier alpha value is -2.02. The van der Waals surface area contributed by atoms with Crippen molar-refractivity contribution in [1.82, 2.24) is 14.9 Å². The van der Waals surface area contributed by atoms with Crippen LogP contribution in [-0.2, 0) is 6.42 Å². The zero-order valence-electron chi connectivity index (χ0n) is 16.0. The molecule has 3 aromatic rings. The molecule has 5 nitrogen and oxygen atoms in total. The lowest BCUT2D eigenvalue weighted by atomic mass is 10.1. The minimum absolute atomic E-state index is 0.224. The summed E-state index contributed by atoms with van der Waals surface area (Å²) < 4.78 is 0. The number of thiophene rings is 1. The van der Waals surface area contributed by atoms with E-state index < -0.39 is 0 Å². The molecule has 0 unspecified atom stereocenters. The van der Waals surface area contributed by atoms with Gasteiger partial charge >= 0.3 is 0 Å². The number of hydrogen-bond acceptors (Lipinski definition) is 6. The number of anilines is 1. The highest BCUT2D eigenvalue weighted by Gasteiger charge is 2.23. The Morgan fingerprint density at radius 3 is 2.48 bits per heavy atom. The van der Waals surface area contributed by atoms with Crippen molar-refractivity contribution in [3.05, 3.63) is 52.2 Å². The third kappa shape index (κ3) is 3.83. The molecule has 27 heavy (non-hydrogen) atoms. The van der Waals surface area contributed by atoms with Crippen LogP contribution in [0.1, 0.15) is 21.8 Å². The van der Waals surface area contributed by atoms with Crippen LogP contribution in [-0.4, -0.2) is 59.3 Å². The monoisotopic (exact) mass is 382 g/mol. The van der Waals surface area contributed by atoms with Gasteiger partial charge < -0.3 is 10.0 Å². The molecule has 1 aliphatic heterocycles. The summed E-state index contributed by atoms with van der Waals surface area (Å²) in [6.07, 6.45) is 0.754. The Labute approximate surface area is 164 Å². The van der Waals surface area contributed by atoms with E-state index in [9.17, 15) is 5.11 Å². The first-order chi connectivity index (χ1) is 13.2. The van der Waals surface area contributed by atoms with Crippen LogP contribution in [0, 0.1) is 13.8 Å². The summed E-state index contributed by atoms with van der Waals surface area (Å²) in [7, 11) is 0. The van der Waals surface area contributed by atoms with Gasteiger partial charge in [0, 0.05) is 44.0 Å². The van der Waals surface area contributed by atoms with Crippen molar-refractivity contribution in [3.8, 4) is 0 Å². The molecular weight excluding hydrogens is 356 g/mol. The molecule has 0 amide bonds. The number of β-amino-alcohol motifs (C(OH)–C–C–N with tert-alkyl or cyclic N) is 1. The van der Waals surface area contributed by atoms with Gasteiger partial charge in [-0.1, -0.05) is 30.3 Å². The second-order valence-corrected chi connectivity index (χ2v) is 8.34. The van der Waals surface area contributed by atoms with E-state index in [1.165, 1.54) is 21.4 Å². The van der Waals surface area contributed by atoms with Gasteiger partial charge in [0.05, 0.1) is 12.0 Å². The molecule has 0 atom stereocenters. The SMILES string of the molecule is Cc1sc2nc(Cc3ccccc3)nc(N3CCN(CCO)CC3)c2c1C. The highest BCUT2D eigenvalue weighted by Crippen LogP contribution is 2.35. The molecule has 0 saturated carbocycles. The maximum Gasteiger partial charge on any atom is 0.141 e. The number of nitrogens with zero attached hydrogens (tertiary/aromatic N) is 4. The molecule has 4 rings (SSSR count). The fourth-order valence-corrected chi connectivity index (χ4v) is 4.73. The number of aryl methyl sites for hydroxylation is 2. The maximum atomic E-state index is 9.18. The van der Waals surface area contributed by atoms with E-state index >= 15 is 0 Å². The van der Waals surface area contributed by atoms with Crippen LogP contribution in [0.15, 0.2) is 30.3 Å². The lowest BCUT2D eigenvalue weighted by Crippen LogP contribution is -2.47. The lowest BCUT2D eigenvalue weighted by molar-refractivity contribution is 0.188. The topological polar surface area (TPSA) is 52.5 Å². The summed E-state index contributed by atoms with van der Waals surface area (Å²) in [6.45, 7) is 9.12. The number of fused-ring (bicyclic) bond motifs is 1. The third-order valence-corrected chi connectivity index (χ3v) is 6.45. The Bertz CT molecular complexity index is 917.